The molecule has 15 heavy (non-hydrogen) atoms. The summed E-state index contributed by atoms with van der Waals surface area (Å²) in [7, 11) is 0. The van der Waals surface area contributed by atoms with E-state index < -0.39 is 0 Å². The number of hydrogen-bond donors (Lipinski definition) is 1. The van der Waals surface area contributed by atoms with Crippen LogP contribution in [0, 0.1) is 0 Å². The lowest BCUT2D eigenvalue weighted by Gasteiger charge is -2.19. The highest BCUT2D eigenvalue weighted by atomic mass is 16.2. The van der Waals surface area contributed by atoms with Gasteiger partial charge in [0.25, 0.3) is 0 Å². The molecule has 0 aliphatic rings. The van der Waals surface area contributed by atoms with Gasteiger partial charge in [0.1, 0.15) is 6.33 Å². The van der Waals surface area contributed by atoms with E-state index in [1.54, 1.807) is 0 Å². The third-order valence-corrected chi connectivity index (χ3v) is 1.70. The van der Waals surface area contributed by atoms with E-state index in [4.69, 9.17) is 0 Å². The van der Waals surface area contributed by atoms with E-state index >= 15 is 0 Å². The zero-order valence-electron chi connectivity index (χ0n) is 9.74. The van der Waals surface area contributed by atoms with Gasteiger partial charge < -0.3 is 5.32 Å². The zero-order chi connectivity index (χ0) is 11.5. The molecule has 1 N–H and O–H groups in total. The lowest BCUT2D eigenvalue weighted by molar-refractivity contribution is 0.230. The van der Waals surface area contributed by atoms with Gasteiger partial charge in [0, 0.05) is 12.0 Å². The Labute approximate surface area is 89.9 Å². The molecule has 1 rings (SSSR count). The van der Waals surface area contributed by atoms with Gasteiger partial charge in [-0.15, -0.1) is 5.10 Å². The Hall–Kier alpha value is -1.39. The van der Waals surface area contributed by atoms with Gasteiger partial charge in [-0.2, -0.15) is 4.68 Å². The molecule has 0 fully saturated rings. The highest BCUT2D eigenvalue weighted by Crippen LogP contribution is 2.00. The van der Waals surface area contributed by atoms with Crippen molar-refractivity contribution in [1.29, 1.82) is 0 Å². The number of nitrogens with zero attached hydrogens (tertiary/aromatic N) is 3. The van der Waals surface area contributed by atoms with E-state index in [2.05, 4.69) is 22.3 Å². The van der Waals surface area contributed by atoms with Gasteiger partial charge in [-0.1, -0.05) is 6.92 Å². The number of nitrogens with one attached hydrogen (secondary N) is 1. The van der Waals surface area contributed by atoms with Crippen LogP contribution in [0.4, 0.5) is 4.79 Å². The molecule has 0 atom stereocenters. The van der Waals surface area contributed by atoms with Crippen molar-refractivity contribution in [3.8, 4) is 0 Å². The molecule has 1 aromatic rings. The van der Waals surface area contributed by atoms with Gasteiger partial charge >= 0.3 is 6.03 Å². The first-order valence-corrected chi connectivity index (χ1v) is 5.15. The van der Waals surface area contributed by atoms with Gasteiger partial charge in [0.15, 0.2) is 5.82 Å². The molecule has 0 aliphatic carbocycles. The second kappa shape index (κ2) is 4.42. The molecule has 5 nitrogen and oxygen atoms in total. The number of hydrogen-bond acceptors (Lipinski definition) is 3. The summed E-state index contributed by atoms with van der Waals surface area (Å²) in [6, 6.07) is -0.239. The van der Waals surface area contributed by atoms with Crippen LogP contribution in [-0.2, 0) is 6.42 Å². The average molecular weight is 210 g/mol. The molecule has 0 aromatic carbocycles. The number of carbonyl (C=O) groups is 1. The number of aromatic nitrogens is 3. The van der Waals surface area contributed by atoms with Gasteiger partial charge in [-0.25, -0.2) is 9.78 Å². The number of carbonyl (C=O) groups excluding carboxylic acids is 1. The van der Waals surface area contributed by atoms with E-state index in [-0.39, 0.29) is 11.6 Å². The Balaban J connectivity index is 2.66. The fraction of sp³-hybridized carbons (Fsp3) is 0.700. The van der Waals surface area contributed by atoms with Gasteiger partial charge in [-0.05, 0) is 27.2 Å². The van der Waals surface area contributed by atoms with Crippen LogP contribution in [0.1, 0.15) is 39.9 Å². The maximum atomic E-state index is 11.6. The Bertz CT molecular complexity index is 337. The summed E-state index contributed by atoms with van der Waals surface area (Å²) in [4.78, 5) is 15.7. The van der Waals surface area contributed by atoms with Gasteiger partial charge in [0.05, 0.1) is 0 Å². The molecule has 1 aromatic heterocycles. The molecule has 84 valence electrons. The van der Waals surface area contributed by atoms with E-state index in [0.29, 0.717) is 5.82 Å². The molecule has 5 heteroatoms. The normalized spacial score (nSPS) is 11.5. The largest absolute Gasteiger partial charge is 0.343 e. The summed E-state index contributed by atoms with van der Waals surface area (Å²) in [6.45, 7) is 7.83. The second-order valence-corrected chi connectivity index (χ2v) is 4.54. The van der Waals surface area contributed by atoms with E-state index in [1.807, 2.05) is 20.8 Å². The van der Waals surface area contributed by atoms with Crippen LogP contribution in [-0.4, -0.2) is 26.3 Å². The van der Waals surface area contributed by atoms with Crippen molar-refractivity contribution in [1.82, 2.24) is 20.1 Å². The predicted octanol–water partition coefficient (Wildman–Crippen LogP) is 1.59. The molecule has 0 saturated carbocycles. The van der Waals surface area contributed by atoms with Gasteiger partial charge in [-0.3, -0.25) is 0 Å². The fourth-order valence-electron chi connectivity index (χ4n) is 1.11. The molecule has 1 amide bonds. The Morgan fingerprint density at radius 2 is 2.20 bits per heavy atom. The molecule has 0 bridgehead atoms. The molecule has 0 saturated heterocycles. The maximum Gasteiger partial charge on any atom is 0.343 e. The molecule has 0 spiro atoms. The molecule has 1 heterocycles. The molecule has 0 unspecified atom stereocenters. The topological polar surface area (TPSA) is 59.8 Å². The molecule has 0 aliphatic heterocycles. The zero-order valence-corrected chi connectivity index (χ0v) is 9.74. The van der Waals surface area contributed by atoms with Crippen LogP contribution in [0.2, 0.25) is 0 Å². The first-order valence-electron chi connectivity index (χ1n) is 5.15. The molecular formula is C10H18N4O. The fourth-order valence-corrected chi connectivity index (χ4v) is 1.11. The van der Waals surface area contributed by atoms with Crippen molar-refractivity contribution in [3.05, 3.63) is 12.2 Å². The highest BCUT2D eigenvalue weighted by molar-refractivity contribution is 5.76. The third-order valence-electron chi connectivity index (χ3n) is 1.70. The van der Waals surface area contributed by atoms with Crippen LogP contribution in [0.25, 0.3) is 0 Å². The molecular weight excluding hydrogens is 192 g/mol. The van der Waals surface area contributed by atoms with Crippen LogP contribution in [0.3, 0.4) is 0 Å². The standard InChI is InChI=1S/C10H18N4O/c1-5-6-8-11-7-14(13-8)9(15)12-10(2,3)4/h7H,5-6H2,1-4H3,(H,12,15). The summed E-state index contributed by atoms with van der Waals surface area (Å²) >= 11 is 0. The monoisotopic (exact) mass is 210 g/mol. The van der Waals surface area contributed by atoms with Crippen molar-refractivity contribution in [2.75, 3.05) is 0 Å². The number of rotatable bonds is 2. The molecule has 0 radical (unpaired) electrons. The minimum absolute atomic E-state index is 0.239. The first kappa shape index (κ1) is 11.7. The summed E-state index contributed by atoms with van der Waals surface area (Å²) in [6.07, 6.45) is 3.23. The van der Waals surface area contributed by atoms with Crippen LogP contribution < -0.4 is 5.32 Å². The third kappa shape index (κ3) is 3.69. The van der Waals surface area contributed by atoms with Crippen LogP contribution >= 0.6 is 0 Å². The van der Waals surface area contributed by atoms with E-state index in [1.165, 1.54) is 11.0 Å². The van der Waals surface area contributed by atoms with Crippen molar-refractivity contribution >= 4 is 6.03 Å². The lowest BCUT2D eigenvalue weighted by Crippen LogP contribution is -2.43. The minimum atomic E-state index is -0.256. The number of amides is 1. The van der Waals surface area contributed by atoms with E-state index in [9.17, 15) is 4.79 Å². The highest BCUT2D eigenvalue weighted by Gasteiger charge is 2.16. The quantitative estimate of drug-likeness (QED) is 0.806. The summed E-state index contributed by atoms with van der Waals surface area (Å²) in [5, 5.41) is 6.89. The van der Waals surface area contributed by atoms with Crippen LogP contribution in [0.15, 0.2) is 6.33 Å². The van der Waals surface area contributed by atoms with Crippen molar-refractivity contribution in [3.63, 3.8) is 0 Å². The minimum Gasteiger partial charge on any atom is -0.332 e. The Morgan fingerprint density at radius 1 is 1.53 bits per heavy atom. The smallest absolute Gasteiger partial charge is 0.332 e. The lowest BCUT2D eigenvalue weighted by atomic mass is 10.1. The average Bonchev–Trinajstić information content (AvgIpc) is 2.50. The van der Waals surface area contributed by atoms with E-state index in [0.717, 1.165) is 12.8 Å². The SMILES string of the molecule is CCCc1ncn(C(=O)NC(C)(C)C)n1. The van der Waals surface area contributed by atoms with Crippen molar-refractivity contribution in [2.24, 2.45) is 0 Å². The van der Waals surface area contributed by atoms with Gasteiger partial charge in [0.2, 0.25) is 0 Å². The van der Waals surface area contributed by atoms with Crippen molar-refractivity contribution in [2.45, 2.75) is 46.1 Å². The Kier molecular flexibility index (Phi) is 3.44. The van der Waals surface area contributed by atoms with Crippen molar-refractivity contribution < 1.29 is 4.79 Å². The second-order valence-electron chi connectivity index (χ2n) is 4.54. The summed E-state index contributed by atoms with van der Waals surface area (Å²) in [5.41, 5.74) is -0.256. The van der Waals surface area contributed by atoms with Crippen LogP contribution in [0.5, 0.6) is 0 Å². The first-order chi connectivity index (χ1) is 6.92. The Morgan fingerprint density at radius 3 is 2.73 bits per heavy atom. The summed E-state index contributed by atoms with van der Waals surface area (Å²) < 4.78 is 1.25. The predicted molar refractivity (Wildman–Crippen MR) is 57.7 cm³/mol. The number of aryl methyl sites for hydroxylation is 1. The summed E-state index contributed by atoms with van der Waals surface area (Å²) in [5.74, 6) is 0.710. The maximum absolute atomic E-state index is 11.6.